The van der Waals surface area contributed by atoms with E-state index < -0.39 is 5.91 Å². The SMILES string of the molecule is CCC(CC)C(=O)N1CCN(c2ccc(N)c(NC(=O)c3cnccn3)n2)CC1. The van der Waals surface area contributed by atoms with Gasteiger partial charge in [0.2, 0.25) is 5.91 Å². The zero-order valence-electron chi connectivity index (χ0n) is 16.8. The van der Waals surface area contributed by atoms with Crippen LogP contribution in [-0.4, -0.2) is 57.8 Å². The summed E-state index contributed by atoms with van der Waals surface area (Å²) >= 11 is 0. The number of aromatic nitrogens is 3. The zero-order chi connectivity index (χ0) is 20.8. The summed E-state index contributed by atoms with van der Waals surface area (Å²) in [5.41, 5.74) is 6.54. The van der Waals surface area contributed by atoms with E-state index in [4.69, 9.17) is 5.73 Å². The van der Waals surface area contributed by atoms with E-state index >= 15 is 0 Å². The van der Waals surface area contributed by atoms with E-state index in [1.54, 1.807) is 6.07 Å². The van der Waals surface area contributed by atoms with Gasteiger partial charge in [0.25, 0.3) is 5.91 Å². The van der Waals surface area contributed by atoms with Crippen molar-refractivity contribution >= 4 is 29.1 Å². The number of nitrogen functional groups attached to an aromatic ring is 1. The second-order valence-electron chi connectivity index (χ2n) is 6.98. The molecule has 0 bridgehead atoms. The minimum Gasteiger partial charge on any atom is -0.396 e. The highest BCUT2D eigenvalue weighted by atomic mass is 16.2. The maximum absolute atomic E-state index is 12.6. The van der Waals surface area contributed by atoms with E-state index in [2.05, 4.69) is 39.0 Å². The lowest BCUT2D eigenvalue weighted by atomic mass is 10.0. The number of nitrogens with two attached hydrogens (primary N) is 1. The van der Waals surface area contributed by atoms with Crippen LogP contribution in [0.4, 0.5) is 17.3 Å². The molecule has 2 aromatic heterocycles. The monoisotopic (exact) mass is 397 g/mol. The van der Waals surface area contributed by atoms with E-state index in [0.29, 0.717) is 37.7 Å². The van der Waals surface area contributed by atoms with Crippen molar-refractivity contribution < 1.29 is 9.59 Å². The second-order valence-corrected chi connectivity index (χ2v) is 6.98. The van der Waals surface area contributed by atoms with Crippen LogP contribution < -0.4 is 16.0 Å². The van der Waals surface area contributed by atoms with Gasteiger partial charge in [0.05, 0.1) is 11.9 Å². The average molecular weight is 397 g/mol. The summed E-state index contributed by atoms with van der Waals surface area (Å²) in [6.07, 6.45) is 6.06. The molecule has 1 aliphatic heterocycles. The lowest BCUT2D eigenvalue weighted by Gasteiger charge is -2.37. The molecule has 0 spiro atoms. The van der Waals surface area contributed by atoms with Crippen LogP contribution in [0.3, 0.4) is 0 Å². The van der Waals surface area contributed by atoms with Crippen molar-refractivity contribution in [3.8, 4) is 0 Å². The second kappa shape index (κ2) is 9.31. The summed E-state index contributed by atoms with van der Waals surface area (Å²) in [4.78, 5) is 41.3. The highest BCUT2D eigenvalue weighted by Gasteiger charge is 2.26. The maximum atomic E-state index is 12.6. The predicted molar refractivity (Wildman–Crippen MR) is 111 cm³/mol. The average Bonchev–Trinajstić information content (AvgIpc) is 2.76. The molecule has 3 N–H and O–H groups in total. The Bertz CT molecular complexity index is 847. The Morgan fingerprint density at radius 3 is 2.48 bits per heavy atom. The topological polar surface area (TPSA) is 117 Å². The number of carbonyl (C=O) groups excluding carboxylic acids is 2. The van der Waals surface area contributed by atoms with Crippen molar-refractivity contribution in [1.29, 1.82) is 0 Å². The molecular formula is C20H27N7O2. The van der Waals surface area contributed by atoms with Gasteiger partial charge >= 0.3 is 0 Å². The van der Waals surface area contributed by atoms with Crippen molar-refractivity contribution in [3.63, 3.8) is 0 Å². The van der Waals surface area contributed by atoms with Crippen LogP contribution in [0.1, 0.15) is 37.2 Å². The molecule has 9 heteroatoms. The molecule has 29 heavy (non-hydrogen) atoms. The highest BCUT2D eigenvalue weighted by Crippen LogP contribution is 2.23. The normalized spacial score (nSPS) is 14.2. The molecule has 1 aliphatic rings. The van der Waals surface area contributed by atoms with Crippen LogP contribution >= 0.6 is 0 Å². The van der Waals surface area contributed by atoms with Gasteiger partial charge in [0.15, 0.2) is 5.82 Å². The molecule has 0 atom stereocenters. The standard InChI is InChI=1S/C20H27N7O2/c1-3-14(4-2)20(29)27-11-9-26(10-12-27)17-6-5-15(21)18(24-17)25-19(28)16-13-22-7-8-23-16/h5-8,13-14H,3-4,9-12,21H2,1-2H3,(H,24,25,28). The van der Waals surface area contributed by atoms with Gasteiger partial charge in [-0.25, -0.2) is 9.97 Å². The third-order valence-corrected chi connectivity index (χ3v) is 5.19. The number of hydrogen-bond acceptors (Lipinski definition) is 7. The number of pyridine rings is 1. The fourth-order valence-electron chi connectivity index (χ4n) is 3.38. The molecule has 3 rings (SSSR count). The molecule has 2 amide bonds. The highest BCUT2D eigenvalue weighted by molar-refractivity contribution is 6.03. The Labute approximate surface area is 170 Å². The minimum atomic E-state index is -0.421. The first kappa shape index (κ1) is 20.5. The maximum Gasteiger partial charge on any atom is 0.277 e. The lowest BCUT2D eigenvalue weighted by Crippen LogP contribution is -2.50. The number of rotatable bonds is 6. The Kier molecular flexibility index (Phi) is 6.58. The first-order chi connectivity index (χ1) is 14.0. The van der Waals surface area contributed by atoms with Gasteiger partial charge in [-0.05, 0) is 25.0 Å². The molecule has 1 fully saturated rings. The Hall–Kier alpha value is -3.23. The van der Waals surface area contributed by atoms with E-state index in [-0.39, 0.29) is 23.3 Å². The molecule has 0 saturated carbocycles. The zero-order valence-corrected chi connectivity index (χ0v) is 16.8. The van der Waals surface area contributed by atoms with E-state index in [1.807, 2.05) is 11.0 Å². The van der Waals surface area contributed by atoms with Crippen LogP contribution in [0.5, 0.6) is 0 Å². The molecule has 0 aliphatic carbocycles. The van der Waals surface area contributed by atoms with Crippen LogP contribution in [0.25, 0.3) is 0 Å². The Balaban J connectivity index is 1.66. The summed E-state index contributed by atoms with van der Waals surface area (Å²) in [5, 5.41) is 2.69. The molecular weight excluding hydrogens is 370 g/mol. The summed E-state index contributed by atoms with van der Waals surface area (Å²) < 4.78 is 0. The first-order valence-electron chi connectivity index (χ1n) is 9.91. The number of hydrogen-bond donors (Lipinski definition) is 2. The molecule has 3 heterocycles. The smallest absolute Gasteiger partial charge is 0.277 e. The lowest BCUT2D eigenvalue weighted by molar-refractivity contribution is -0.136. The number of piperazine rings is 1. The van der Waals surface area contributed by atoms with Gasteiger partial charge < -0.3 is 20.9 Å². The largest absolute Gasteiger partial charge is 0.396 e. The van der Waals surface area contributed by atoms with Gasteiger partial charge in [-0.2, -0.15) is 0 Å². The van der Waals surface area contributed by atoms with Gasteiger partial charge in [-0.1, -0.05) is 13.8 Å². The fraction of sp³-hybridized carbons (Fsp3) is 0.450. The third kappa shape index (κ3) is 4.79. The van der Waals surface area contributed by atoms with E-state index in [9.17, 15) is 9.59 Å². The number of nitrogens with zero attached hydrogens (tertiary/aromatic N) is 5. The van der Waals surface area contributed by atoms with Crippen LogP contribution in [-0.2, 0) is 4.79 Å². The van der Waals surface area contributed by atoms with Crippen molar-refractivity contribution in [2.45, 2.75) is 26.7 Å². The quantitative estimate of drug-likeness (QED) is 0.763. The van der Waals surface area contributed by atoms with E-state index in [0.717, 1.165) is 12.8 Å². The summed E-state index contributed by atoms with van der Waals surface area (Å²) in [6.45, 7) is 6.78. The van der Waals surface area contributed by atoms with Gasteiger partial charge in [0.1, 0.15) is 11.5 Å². The summed E-state index contributed by atoms with van der Waals surface area (Å²) in [5.74, 6) is 0.906. The van der Waals surface area contributed by atoms with Crippen LogP contribution in [0, 0.1) is 5.92 Å². The van der Waals surface area contributed by atoms with Crippen molar-refractivity contribution in [2.24, 2.45) is 5.92 Å². The van der Waals surface area contributed by atoms with Gasteiger partial charge in [0, 0.05) is 44.5 Å². The minimum absolute atomic E-state index is 0.0964. The number of carbonyl (C=O) groups is 2. The molecule has 1 saturated heterocycles. The number of nitrogens with one attached hydrogen (secondary N) is 1. The van der Waals surface area contributed by atoms with Crippen molar-refractivity contribution in [3.05, 3.63) is 36.4 Å². The molecule has 0 aromatic carbocycles. The number of anilines is 3. The van der Waals surface area contributed by atoms with Crippen molar-refractivity contribution in [2.75, 3.05) is 42.1 Å². The summed E-state index contributed by atoms with van der Waals surface area (Å²) in [6, 6.07) is 3.54. The van der Waals surface area contributed by atoms with E-state index in [1.165, 1.54) is 18.6 Å². The molecule has 0 unspecified atom stereocenters. The molecule has 2 aromatic rings. The molecule has 154 valence electrons. The predicted octanol–water partition coefficient (Wildman–Crippen LogP) is 1.79. The Morgan fingerprint density at radius 1 is 1.14 bits per heavy atom. The molecule has 9 nitrogen and oxygen atoms in total. The van der Waals surface area contributed by atoms with Crippen LogP contribution in [0.2, 0.25) is 0 Å². The third-order valence-electron chi connectivity index (χ3n) is 5.19. The van der Waals surface area contributed by atoms with Gasteiger partial charge in [-0.15, -0.1) is 0 Å². The number of amides is 2. The first-order valence-corrected chi connectivity index (χ1v) is 9.91. The fourth-order valence-corrected chi connectivity index (χ4v) is 3.38. The summed E-state index contributed by atoms with van der Waals surface area (Å²) in [7, 11) is 0. The molecule has 0 radical (unpaired) electrons. The van der Waals surface area contributed by atoms with Crippen LogP contribution in [0.15, 0.2) is 30.7 Å². The van der Waals surface area contributed by atoms with Crippen molar-refractivity contribution in [1.82, 2.24) is 19.9 Å². The Morgan fingerprint density at radius 2 is 1.86 bits per heavy atom. The van der Waals surface area contributed by atoms with Gasteiger partial charge in [-0.3, -0.25) is 14.6 Å².